The van der Waals surface area contributed by atoms with E-state index in [1.54, 1.807) is 0 Å². The van der Waals surface area contributed by atoms with E-state index in [9.17, 15) is 4.39 Å². The summed E-state index contributed by atoms with van der Waals surface area (Å²) in [5.41, 5.74) is 7.19. The van der Waals surface area contributed by atoms with Gasteiger partial charge in [0.1, 0.15) is 5.82 Å². The second-order valence-electron chi connectivity index (χ2n) is 9.60. The number of nitrogens with zero attached hydrogens (tertiary/aromatic N) is 3. The van der Waals surface area contributed by atoms with Crippen LogP contribution < -0.4 is 15.5 Å². The highest BCUT2D eigenvalue weighted by atomic mass is 19.1. The number of piperazine rings is 1. The molecule has 0 amide bonds. The zero-order valence-electron chi connectivity index (χ0n) is 20.1. The molecule has 0 bridgehead atoms. The molecule has 2 heterocycles. The number of imidazole rings is 1. The number of halogens is 1. The summed E-state index contributed by atoms with van der Waals surface area (Å²) >= 11 is 0. The van der Waals surface area contributed by atoms with Crippen molar-refractivity contribution < 1.29 is 4.39 Å². The molecule has 0 unspecified atom stereocenters. The molecule has 3 aromatic rings. The summed E-state index contributed by atoms with van der Waals surface area (Å²) in [5.74, 6) is 1.51. The van der Waals surface area contributed by atoms with E-state index in [1.165, 1.54) is 11.1 Å². The monoisotopic (exact) mass is 437 g/mol. The van der Waals surface area contributed by atoms with Crippen molar-refractivity contribution in [1.82, 2.24) is 20.2 Å². The second-order valence-corrected chi connectivity index (χ2v) is 9.60. The molecule has 1 aromatic heterocycles. The standard InChI is InChI=1S/C26H36FN5/c1-17(2)14-29-15-22-10-18(3)11-23-25(22)30-26(31-8-6-28-7-9-31)32(23)16-21-12-19(4)24(27)20(5)13-21/h10-13,17,28-29H,6-9,14-16H2,1-5H3. The Hall–Kier alpha value is -2.44. The van der Waals surface area contributed by atoms with Gasteiger partial charge in [-0.3, -0.25) is 0 Å². The maximum Gasteiger partial charge on any atom is 0.206 e. The molecule has 0 spiro atoms. The minimum Gasteiger partial charge on any atom is -0.340 e. The number of benzene rings is 2. The summed E-state index contributed by atoms with van der Waals surface area (Å²) in [4.78, 5) is 7.56. The van der Waals surface area contributed by atoms with Crippen LogP contribution in [0, 0.1) is 32.5 Å². The van der Waals surface area contributed by atoms with Crippen LogP contribution in [0.4, 0.5) is 10.3 Å². The molecule has 0 aliphatic carbocycles. The molecule has 1 fully saturated rings. The quantitative estimate of drug-likeness (QED) is 0.578. The topological polar surface area (TPSA) is 45.1 Å². The summed E-state index contributed by atoms with van der Waals surface area (Å²) in [6.07, 6.45) is 0. The van der Waals surface area contributed by atoms with Crippen LogP contribution in [0.5, 0.6) is 0 Å². The number of hydrogen-bond acceptors (Lipinski definition) is 4. The lowest BCUT2D eigenvalue weighted by Crippen LogP contribution is -2.44. The van der Waals surface area contributed by atoms with Gasteiger partial charge in [0.2, 0.25) is 5.95 Å². The smallest absolute Gasteiger partial charge is 0.206 e. The van der Waals surface area contributed by atoms with Crippen LogP contribution >= 0.6 is 0 Å². The molecule has 2 aromatic carbocycles. The Kier molecular flexibility index (Phi) is 6.82. The number of fused-ring (bicyclic) bond motifs is 1. The first-order chi connectivity index (χ1) is 15.3. The van der Waals surface area contributed by atoms with Gasteiger partial charge in [0.15, 0.2) is 0 Å². The van der Waals surface area contributed by atoms with Crippen LogP contribution in [0.25, 0.3) is 11.0 Å². The Bertz CT molecular complexity index is 1070. The first kappa shape index (κ1) is 22.7. The van der Waals surface area contributed by atoms with Gasteiger partial charge in [-0.2, -0.15) is 0 Å². The number of hydrogen-bond donors (Lipinski definition) is 2. The minimum atomic E-state index is -0.110. The van der Waals surface area contributed by atoms with E-state index in [1.807, 2.05) is 26.0 Å². The van der Waals surface area contributed by atoms with E-state index < -0.39 is 0 Å². The molecule has 1 aliphatic rings. The fraction of sp³-hybridized carbons (Fsp3) is 0.500. The molecule has 1 aliphatic heterocycles. The van der Waals surface area contributed by atoms with Gasteiger partial charge in [-0.15, -0.1) is 0 Å². The van der Waals surface area contributed by atoms with Gasteiger partial charge in [-0.05, 0) is 67.1 Å². The molecule has 0 atom stereocenters. The first-order valence-corrected chi connectivity index (χ1v) is 11.7. The third-order valence-electron chi connectivity index (χ3n) is 6.16. The molecule has 0 radical (unpaired) electrons. The number of aromatic nitrogens is 2. The van der Waals surface area contributed by atoms with Gasteiger partial charge in [0.05, 0.1) is 17.6 Å². The fourth-order valence-corrected chi connectivity index (χ4v) is 4.64. The maximum atomic E-state index is 14.3. The average Bonchev–Trinajstić information content (AvgIpc) is 3.10. The van der Waals surface area contributed by atoms with Crippen LogP contribution in [0.15, 0.2) is 24.3 Å². The van der Waals surface area contributed by atoms with E-state index in [-0.39, 0.29) is 5.82 Å². The summed E-state index contributed by atoms with van der Waals surface area (Å²) in [6, 6.07) is 8.43. The van der Waals surface area contributed by atoms with Crippen molar-refractivity contribution in [1.29, 1.82) is 0 Å². The van der Waals surface area contributed by atoms with Crippen LogP contribution in [0.3, 0.4) is 0 Å². The predicted molar refractivity (Wildman–Crippen MR) is 131 cm³/mol. The summed E-state index contributed by atoms with van der Waals surface area (Å²) < 4.78 is 16.6. The highest BCUT2D eigenvalue weighted by Gasteiger charge is 2.21. The van der Waals surface area contributed by atoms with Crippen LogP contribution in [-0.2, 0) is 13.1 Å². The van der Waals surface area contributed by atoms with Gasteiger partial charge in [0.25, 0.3) is 0 Å². The summed E-state index contributed by atoms with van der Waals surface area (Å²) in [7, 11) is 0. The zero-order chi connectivity index (χ0) is 22.8. The van der Waals surface area contributed by atoms with E-state index >= 15 is 0 Å². The van der Waals surface area contributed by atoms with Crippen LogP contribution in [0.2, 0.25) is 0 Å². The predicted octanol–water partition coefficient (Wildman–Crippen LogP) is 4.30. The largest absolute Gasteiger partial charge is 0.340 e. The molecule has 5 nitrogen and oxygen atoms in total. The molecule has 6 heteroatoms. The van der Waals surface area contributed by atoms with E-state index in [0.717, 1.165) is 61.8 Å². The fourth-order valence-electron chi connectivity index (χ4n) is 4.64. The maximum absolute atomic E-state index is 14.3. The first-order valence-electron chi connectivity index (χ1n) is 11.7. The lowest BCUT2D eigenvalue weighted by atomic mass is 10.1. The molecular weight excluding hydrogens is 401 g/mol. The lowest BCUT2D eigenvalue weighted by molar-refractivity contribution is 0.553. The van der Waals surface area contributed by atoms with Crippen molar-refractivity contribution in [3.8, 4) is 0 Å². The molecule has 172 valence electrons. The highest BCUT2D eigenvalue weighted by molar-refractivity contribution is 5.83. The van der Waals surface area contributed by atoms with Crippen molar-refractivity contribution in [3.05, 3.63) is 57.9 Å². The third kappa shape index (κ3) is 4.81. The summed E-state index contributed by atoms with van der Waals surface area (Å²) in [5, 5.41) is 7.02. The van der Waals surface area contributed by atoms with Gasteiger partial charge < -0.3 is 20.1 Å². The molecule has 4 rings (SSSR count). The van der Waals surface area contributed by atoms with Gasteiger partial charge in [-0.25, -0.2) is 9.37 Å². The Balaban J connectivity index is 1.80. The van der Waals surface area contributed by atoms with Gasteiger partial charge >= 0.3 is 0 Å². The number of anilines is 1. The van der Waals surface area contributed by atoms with Gasteiger partial charge in [-0.1, -0.05) is 32.0 Å². The van der Waals surface area contributed by atoms with Crippen LogP contribution in [-0.4, -0.2) is 42.3 Å². The lowest BCUT2D eigenvalue weighted by Gasteiger charge is -2.29. The Morgan fingerprint density at radius 3 is 2.41 bits per heavy atom. The molecule has 1 saturated heterocycles. The Labute approximate surface area is 191 Å². The number of rotatable bonds is 7. The van der Waals surface area contributed by atoms with Crippen LogP contribution in [0.1, 0.15) is 41.7 Å². The number of nitrogens with one attached hydrogen (secondary N) is 2. The molecule has 32 heavy (non-hydrogen) atoms. The van der Waals surface area contributed by atoms with E-state index in [4.69, 9.17) is 4.98 Å². The van der Waals surface area contributed by atoms with Crippen molar-refractivity contribution in [2.24, 2.45) is 5.92 Å². The molecule has 0 saturated carbocycles. The summed E-state index contributed by atoms with van der Waals surface area (Å²) in [6.45, 7) is 16.5. The van der Waals surface area contributed by atoms with Crippen molar-refractivity contribution in [2.45, 2.75) is 47.7 Å². The zero-order valence-corrected chi connectivity index (χ0v) is 20.1. The Morgan fingerprint density at radius 1 is 1.06 bits per heavy atom. The van der Waals surface area contributed by atoms with Gasteiger partial charge in [0, 0.05) is 32.7 Å². The van der Waals surface area contributed by atoms with E-state index in [0.29, 0.717) is 23.6 Å². The number of aryl methyl sites for hydroxylation is 3. The van der Waals surface area contributed by atoms with Crippen molar-refractivity contribution in [3.63, 3.8) is 0 Å². The van der Waals surface area contributed by atoms with Crippen molar-refractivity contribution >= 4 is 17.0 Å². The SMILES string of the molecule is Cc1cc(CNCC(C)C)c2nc(N3CCNCC3)n(Cc3cc(C)c(F)c(C)c3)c2c1. The Morgan fingerprint density at radius 2 is 1.75 bits per heavy atom. The van der Waals surface area contributed by atoms with E-state index in [2.05, 4.69) is 53.0 Å². The normalized spacial score (nSPS) is 14.7. The molecular formula is C26H36FN5. The van der Waals surface area contributed by atoms with Crippen molar-refractivity contribution in [2.75, 3.05) is 37.6 Å². The third-order valence-corrected chi connectivity index (χ3v) is 6.16. The highest BCUT2D eigenvalue weighted by Crippen LogP contribution is 2.29. The second kappa shape index (κ2) is 9.59. The molecule has 2 N–H and O–H groups in total. The average molecular weight is 438 g/mol. The minimum absolute atomic E-state index is 0.110.